The molecule has 7 nitrogen and oxygen atoms in total. The summed E-state index contributed by atoms with van der Waals surface area (Å²) in [5.74, 6) is 0.189. The van der Waals surface area contributed by atoms with Gasteiger partial charge in [-0.2, -0.15) is 4.80 Å². The lowest BCUT2D eigenvalue weighted by Gasteiger charge is -2.05. The molecule has 1 aromatic heterocycles. The van der Waals surface area contributed by atoms with Gasteiger partial charge in [-0.15, -0.1) is 10.2 Å². The van der Waals surface area contributed by atoms with Crippen molar-refractivity contribution in [2.24, 2.45) is 0 Å². The van der Waals surface area contributed by atoms with Crippen molar-refractivity contribution in [1.82, 2.24) is 20.2 Å². The van der Waals surface area contributed by atoms with Gasteiger partial charge < -0.3 is 5.32 Å². The lowest BCUT2D eigenvalue weighted by Crippen LogP contribution is -2.20. The van der Waals surface area contributed by atoms with Crippen LogP contribution in [-0.2, 0) is 11.3 Å². The molecule has 126 valence electrons. The van der Waals surface area contributed by atoms with E-state index in [0.29, 0.717) is 17.1 Å². The van der Waals surface area contributed by atoms with Gasteiger partial charge in [0.15, 0.2) is 5.78 Å². The number of amides is 1. The minimum atomic E-state index is -0.274. The molecule has 0 spiro atoms. The molecule has 3 rings (SSSR count). The van der Waals surface area contributed by atoms with E-state index in [1.54, 1.807) is 24.3 Å². The number of benzene rings is 2. The predicted octanol–water partition coefficient (Wildman–Crippen LogP) is 2.49. The Morgan fingerprint density at radius 3 is 2.48 bits per heavy atom. The average Bonchev–Trinajstić information content (AvgIpc) is 3.03. The van der Waals surface area contributed by atoms with Crippen LogP contribution in [0.15, 0.2) is 48.5 Å². The van der Waals surface area contributed by atoms with E-state index in [9.17, 15) is 9.59 Å². The summed E-state index contributed by atoms with van der Waals surface area (Å²) in [7, 11) is 0. The molecular weight excluding hydrogens is 318 g/mol. The summed E-state index contributed by atoms with van der Waals surface area (Å²) >= 11 is 0. The average molecular weight is 335 g/mol. The fourth-order valence-corrected chi connectivity index (χ4v) is 2.36. The maximum absolute atomic E-state index is 12.1. The van der Waals surface area contributed by atoms with E-state index in [-0.39, 0.29) is 18.2 Å². The summed E-state index contributed by atoms with van der Waals surface area (Å²) in [6, 6.07) is 14.4. The Balaban J connectivity index is 1.66. The SMILES string of the molecule is CC(=O)c1ccc(NC(=O)Cn2nnc(-c3ccccc3C)n2)cc1. The number of hydrogen-bond acceptors (Lipinski definition) is 5. The van der Waals surface area contributed by atoms with Crippen LogP contribution in [0.3, 0.4) is 0 Å². The first-order valence-electron chi connectivity index (χ1n) is 7.77. The second-order valence-corrected chi connectivity index (χ2v) is 5.64. The van der Waals surface area contributed by atoms with Crippen LogP contribution in [0.1, 0.15) is 22.8 Å². The number of anilines is 1. The Bertz CT molecular complexity index is 915. The number of nitrogens with one attached hydrogen (secondary N) is 1. The van der Waals surface area contributed by atoms with Gasteiger partial charge in [0.2, 0.25) is 11.7 Å². The second kappa shape index (κ2) is 7.04. The van der Waals surface area contributed by atoms with Crippen molar-refractivity contribution in [2.75, 3.05) is 5.32 Å². The zero-order valence-corrected chi connectivity index (χ0v) is 13.9. The van der Waals surface area contributed by atoms with Gasteiger partial charge in [-0.25, -0.2) is 0 Å². The van der Waals surface area contributed by atoms with E-state index in [1.807, 2.05) is 31.2 Å². The summed E-state index contributed by atoms with van der Waals surface area (Å²) in [5.41, 5.74) is 3.12. The zero-order chi connectivity index (χ0) is 17.8. The van der Waals surface area contributed by atoms with E-state index in [0.717, 1.165) is 11.1 Å². The quantitative estimate of drug-likeness (QED) is 0.724. The third kappa shape index (κ3) is 3.95. The monoisotopic (exact) mass is 335 g/mol. The fraction of sp³-hybridized carbons (Fsp3) is 0.167. The number of ketones is 1. The second-order valence-electron chi connectivity index (χ2n) is 5.64. The standard InChI is InChI=1S/C18H17N5O2/c1-12-5-3-4-6-16(12)18-20-22-23(21-18)11-17(25)19-15-9-7-14(8-10-15)13(2)24/h3-10H,11H2,1-2H3,(H,19,25). The van der Waals surface area contributed by atoms with Crippen molar-refractivity contribution in [1.29, 1.82) is 0 Å². The Hall–Kier alpha value is -3.35. The highest BCUT2D eigenvalue weighted by Gasteiger charge is 2.11. The molecule has 0 saturated heterocycles. The molecule has 0 aliphatic heterocycles. The van der Waals surface area contributed by atoms with Gasteiger partial charge in [-0.1, -0.05) is 24.3 Å². The van der Waals surface area contributed by atoms with Crippen LogP contribution in [0.2, 0.25) is 0 Å². The van der Waals surface area contributed by atoms with Gasteiger partial charge in [0.1, 0.15) is 6.54 Å². The van der Waals surface area contributed by atoms with Crippen molar-refractivity contribution in [3.8, 4) is 11.4 Å². The molecule has 0 aliphatic rings. The van der Waals surface area contributed by atoms with E-state index < -0.39 is 0 Å². The van der Waals surface area contributed by atoms with Gasteiger partial charge in [0, 0.05) is 16.8 Å². The highest BCUT2D eigenvalue weighted by atomic mass is 16.2. The van der Waals surface area contributed by atoms with Crippen LogP contribution in [-0.4, -0.2) is 31.9 Å². The molecule has 1 N–H and O–H groups in total. The molecule has 7 heteroatoms. The molecule has 2 aromatic carbocycles. The largest absolute Gasteiger partial charge is 0.324 e. The zero-order valence-electron chi connectivity index (χ0n) is 13.9. The highest BCUT2D eigenvalue weighted by Crippen LogP contribution is 2.17. The third-order valence-electron chi connectivity index (χ3n) is 3.70. The molecule has 0 fully saturated rings. The molecule has 1 heterocycles. The van der Waals surface area contributed by atoms with E-state index in [2.05, 4.69) is 20.7 Å². The van der Waals surface area contributed by atoms with Crippen molar-refractivity contribution in [3.63, 3.8) is 0 Å². The molecule has 0 unspecified atom stereocenters. The number of tetrazole rings is 1. The fourth-order valence-electron chi connectivity index (χ4n) is 2.36. The van der Waals surface area contributed by atoms with Crippen molar-refractivity contribution in [3.05, 3.63) is 59.7 Å². The normalized spacial score (nSPS) is 10.5. The van der Waals surface area contributed by atoms with Gasteiger partial charge in [0.25, 0.3) is 0 Å². The Labute approximate surface area is 144 Å². The van der Waals surface area contributed by atoms with E-state index in [1.165, 1.54) is 11.7 Å². The van der Waals surface area contributed by atoms with E-state index in [4.69, 9.17) is 0 Å². The minimum Gasteiger partial charge on any atom is -0.324 e. The molecule has 0 bridgehead atoms. The third-order valence-corrected chi connectivity index (χ3v) is 3.70. The topological polar surface area (TPSA) is 89.8 Å². The number of rotatable bonds is 5. The number of hydrogen-bond donors (Lipinski definition) is 1. The van der Waals surface area contributed by atoms with Crippen LogP contribution in [0.25, 0.3) is 11.4 Å². The summed E-state index contributed by atoms with van der Waals surface area (Å²) in [4.78, 5) is 24.6. The first-order chi connectivity index (χ1) is 12.0. The van der Waals surface area contributed by atoms with Crippen LogP contribution in [0, 0.1) is 6.92 Å². The molecule has 25 heavy (non-hydrogen) atoms. The number of carbonyl (C=O) groups is 2. The smallest absolute Gasteiger partial charge is 0.248 e. The molecular formula is C18H17N5O2. The molecule has 1 amide bonds. The number of aromatic nitrogens is 4. The summed E-state index contributed by atoms with van der Waals surface area (Å²) in [6.07, 6.45) is 0. The van der Waals surface area contributed by atoms with Crippen LogP contribution in [0.4, 0.5) is 5.69 Å². The number of carbonyl (C=O) groups excluding carboxylic acids is 2. The molecule has 0 atom stereocenters. The first kappa shape index (κ1) is 16.5. The molecule has 0 aliphatic carbocycles. The van der Waals surface area contributed by atoms with Crippen LogP contribution >= 0.6 is 0 Å². The van der Waals surface area contributed by atoms with Crippen LogP contribution < -0.4 is 5.32 Å². The summed E-state index contributed by atoms with van der Waals surface area (Å²) < 4.78 is 0. The van der Waals surface area contributed by atoms with Crippen molar-refractivity contribution < 1.29 is 9.59 Å². The predicted molar refractivity (Wildman–Crippen MR) is 93.1 cm³/mol. The van der Waals surface area contributed by atoms with Gasteiger partial charge >= 0.3 is 0 Å². The maximum atomic E-state index is 12.1. The molecule has 0 radical (unpaired) electrons. The number of nitrogens with zero attached hydrogens (tertiary/aromatic N) is 4. The Morgan fingerprint density at radius 2 is 1.80 bits per heavy atom. The molecule has 0 saturated carbocycles. The Kier molecular flexibility index (Phi) is 4.65. The van der Waals surface area contributed by atoms with Crippen molar-refractivity contribution >= 4 is 17.4 Å². The maximum Gasteiger partial charge on any atom is 0.248 e. The summed E-state index contributed by atoms with van der Waals surface area (Å²) in [5, 5.41) is 14.9. The van der Waals surface area contributed by atoms with Gasteiger partial charge in [-0.05, 0) is 48.9 Å². The minimum absolute atomic E-state index is 0.0200. The highest BCUT2D eigenvalue weighted by molar-refractivity contribution is 5.95. The van der Waals surface area contributed by atoms with Gasteiger partial charge in [-0.3, -0.25) is 9.59 Å². The lowest BCUT2D eigenvalue weighted by atomic mass is 10.1. The van der Waals surface area contributed by atoms with Gasteiger partial charge in [0.05, 0.1) is 0 Å². The number of Topliss-reactive ketones (excluding diaryl/α,β-unsaturated/α-hetero) is 1. The van der Waals surface area contributed by atoms with Crippen LogP contribution in [0.5, 0.6) is 0 Å². The van der Waals surface area contributed by atoms with Crippen molar-refractivity contribution in [2.45, 2.75) is 20.4 Å². The lowest BCUT2D eigenvalue weighted by molar-refractivity contribution is -0.117. The Morgan fingerprint density at radius 1 is 1.08 bits per heavy atom. The van der Waals surface area contributed by atoms with E-state index >= 15 is 0 Å². The number of aryl methyl sites for hydroxylation is 1. The first-order valence-corrected chi connectivity index (χ1v) is 7.77. The molecule has 3 aromatic rings. The summed E-state index contributed by atoms with van der Waals surface area (Å²) in [6.45, 7) is 3.41.